The molecule has 96 valence electrons. The molecule has 0 amide bonds. The zero-order valence-corrected chi connectivity index (χ0v) is 11.1. The van der Waals surface area contributed by atoms with Gasteiger partial charge in [-0.25, -0.2) is 0 Å². The van der Waals surface area contributed by atoms with E-state index in [0.29, 0.717) is 0 Å². The minimum atomic E-state index is -0.0566. The molecule has 0 aromatic carbocycles. The van der Waals surface area contributed by atoms with Crippen LogP contribution in [0, 0.1) is 0 Å². The molecule has 0 spiro atoms. The fraction of sp³-hybridized carbons (Fsp3) is 0.867. The van der Waals surface area contributed by atoms with Crippen molar-refractivity contribution in [1.29, 1.82) is 0 Å². The Kier molecular flexibility index (Phi) is 12.5. The molecule has 0 aliphatic heterocycles. The number of allylic oxidation sites excluding steroid dienone is 1. The highest BCUT2D eigenvalue weighted by molar-refractivity contribution is 4.65. The second-order valence-electron chi connectivity index (χ2n) is 4.76. The summed E-state index contributed by atoms with van der Waals surface area (Å²) in [6.07, 6.45) is 15.7. The van der Waals surface area contributed by atoms with Gasteiger partial charge in [0.05, 0.1) is 6.10 Å². The van der Waals surface area contributed by atoms with Crippen LogP contribution in [0.25, 0.3) is 0 Å². The Hall–Kier alpha value is -0.300. The van der Waals surface area contributed by atoms with E-state index >= 15 is 0 Å². The van der Waals surface area contributed by atoms with E-state index in [9.17, 15) is 5.11 Å². The molecule has 0 radical (unpaired) electrons. The van der Waals surface area contributed by atoms with E-state index in [1.165, 1.54) is 57.8 Å². The summed E-state index contributed by atoms with van der Waals surface area (Å²) >= 11 is 0. The zero-order chi connectivity index (χ0) is 12.1. The molecule has 0 aliphatic rings. The predicted molar refractivity (Wildman–Crippen MR) is 72.7 cm³/mol. The summed E-state index contributed by atoms with van der Waals surface area (Å²) in [5, 5.41) is 9.37. The van der Waals surface area contributed by atoms with Crippen molar-refractivity contribution in [2.24, 2.45) is 0 Å². The zero-order valence-electron chi connectivity index (χ0n) is 11.1. The lowest BCUT2D eigenvalue weighted by atomic mass is 10.0. The van der Waals surface area contributed by atoms with Crippen molar-refractivity contribution in [1.82, 2.24) is 0 Å². The highest BCUT2D eigenvalue weighted by atomic mass is 16.3. The van der Waals surface area contributed by atoms with Crippen molar-refractivity contribution in [2.75, 3.05) is 0 Å². The largest absolute Gasteiger partial charge is 0.393 e. The summed E-state index contributed by atoms with van der Waals surface area (Å²) in [5.74, 6) is 0. The Morgan fingerprint density at radius 3 is 1.94 bits per heavy atom. The van der Waals surface area contributed by atoms with E-state index in [2.05, 4.69) is 6.58 Å². The van der Waals surface area contributed by atoms with Crippen molar-refractivity contribution < 1.29 is 5.11 Å². The number of aliphatic hydroxyl groups is 1. The van der Waals surface area contributed by atoms with Crippen molar-refractivity contribution >= 4 is 0 Å². The number of hydrogen-bond donors (Lipinski definition) is 1. The van der Waals surface area contributed by atoms with Crippen LogP contribution in [-0.4, -0.2) is 11.2 Å². The third-order valence-corrected chi connectivity index (χ3v) is 3.17. The molecule has 16 heavy (non-hydrogen) atoms. The molecule has 0 aromatic heterocycles. The molecule has 1 heteroatoms. The molecule has 0 unspecified atom stereocenters. The van der Waals surface area contributed by atoms with E-state index in [-0.39, 0.29) is 6.10 Å². The first kappa shape index (κ1) is 15.7. The Bertz CT molecular complexity index is 142. The van der Waals surface area contributed by atoms with Crippen LogP contribution < -0.4 is 0 Å². The molecule has 0 saturated carbocycles. The SMILES string of the molecule is C=CCCCCCCCCCC[C@H](O)CC. The Labute approximate surface area is 102 Å². The third kappa shape index (κ3) is 11.8. The number of unbranched alkanes of at least 4 members (excludes halogenated alkanes) is 8. The summed E-state index contributed by atoms with van der Waals surface area (Å²) < 4.78 is 0. The maximum Gasteiger partial charge on any atom is 0.0537 e. The van der Waals surface area contributed by atoms with Gasteiger partial charge in [-0.1, -0.05) is 57.9 Å². The lowest BCUT2D eigenvalue weighted by Gasteiger charge is -2.06. The topological polar surface area (TPSA) is 20.2 Å². The van der Waals surface area contributed by atoms with Gasteiger partial charge < -0.3 is 5.11 Å². The lowest BCUT2D eigenvalue weighted by molar-refractivity contribution is 0.156. The minimum absolute atomic E-state index is 0.0566. The molecule has 1 nitrogen and oxygen atoms in total. The quantitative estimate of drug-likeness (QED) is 0.373. The predicted octanol–water partition coefficient (Wildman–Crippen LogP) is 4.84. The maximum absolute atomic E-state index is 9.37. The van der Waals surface area contributed by atoms with Crippen molar-refractivity contribution in [3.8, 4) is 0 Å². The van der Waals surface area contributed by atoms with E-state index in [1.807, 2.05) is 13.0 Å². The van der Waals surface area contributed by atoms with Crippen LogP contribution in [0.2, 0.25) is 0 Å². The van der Waals surface area contributed by atoms with E-state index in [4.69, 9.17) is 0 Å². The smallest absolute Gasteiger partial charge is 0.0537 e. The first-order valence-electron chi connectivity index (χ1n) is 7.10. The minimum Gasteiger partial charge on any atom is -0.393 e. The second-order valence-corrected chi connectivity index (χ2v) is 4.76. The first-order chi connectivity index (χ1) is 7.81. The number of hydrogen-bond acceptors (Lipinski definition) is 1. The van der Waals surface area contributed by atoms with Crippen molar-refractivity contribution in [2.45, 2.75) is 83.7 Å². The summed E-state index contributed by atoms with van der Waals surface area (Å²) in [5.41, 5.74) is 0. The van der Waals surface area contributed by atoms with E-state index in [0.717, 1.165) is 12.8 Å². The maximum atomic E-state index is 9.37. The number of rotatable bonds is 12. The van der Waals surface area contributed by atoms with Gasteiger partial charge >= 0.3 is 0 Å². The summed E-state index contributed by atoms with van der Waals surface area (Å²) in [6.45, 7) is 5.78. The fourth-order valence-electron chi connectivity index (χ4n) is 1.93. The van der Waals surface area contributed by atoms with Crippen LogP contribution >= 0.6 is 0 Å². The van der Waals surface area contributed by atoms with Crippen LogP contribution in [0.3, 0.4) is 0 Å². The normalized spacial score (nSPS) is 12.6. The van der Waals surface area contributed by atoms with Gasteiger partial charge in [0.1, 0.15) is 0 Å². The van der Waals surface area contributed by atoms with Gasteiger partial charge in [0.15, 0.2) is 0 Å². The van der Waals surface area contributed by atoms with Gasteiger partial charge in [0.25, 0.3) is 0 Å². The van der Waals surface area contributed by atoms with Crippen molar-refractivity contribution in [3.05, 3.63) is 12.7 Å². The summed E-state index contributed by atoms with van der Waals surface area (Å²) in [4.78, 5) is 0. The van der Waals surface area contributed by atoms with Gasteiger partial charge in [-0.3, -0.25) is 0 Å². The second kappa shape index (κ2) is 12.8. The average molecular weight is 226 g/mol. The molecule has 0 aromatic rings. The van der Waals surface area contributed by atoms with Crippen LogP contribution in [0.15, 0.2) is 12.7 Å². The fourth-order valence-corrected chi connectivity index (χ4v) is 1.93. The monoisotopic (exact) mass is 226 g/mol. The Morgan fingerprint density at radius 1 is 0.938 bits per heavy atom. The van der Waals surface area contributed by atoms with Crippen LogP contribution in [-0.2, 0) is 0 Å². The first-order valence-corrected chi connectivity index (χ1v) is 7.10. The summed E-state index contributed by atoms with van der Waals surface area (Å²) in [6, 6.07) is 0. The average Bonchev–Trinajstić information content (AvgIpc) is 2.31. The number of aliphatic hydroxyl groups excluding tert-OH is 1. The van der Waals surface area contributed by atoms with Crippen LogP contribution in [0.4, 0.5) is 0 Å². The lowest BCUT2D eigenvalue weighted by Crippen LogP contribution is -2.03. The van der Waals surface area contributed by atoms with Crippen LogP contribution in [0.5, 0.6) is 0 Å². The van der Waals surface area contributed by atoms with Gasteiger partial charge in [-0.15, -0.1) is 6.58 Å². The highest BCUT2D eigenvalue weighted by Gasteiger charge is 1.99. The molecule has 0 heterocycles. The van der Waals surface area contributed by atoms with Gasteiger partial charge in [-0.05, 0) is 25.7 Å². The molecule has 0 bridgehead atoms. The molecular formula is C15H30O. The summed E-state index contributed by atoms with van der Waals surface area (Å²) in [7, 11) is 0. The molecule has 1 atom stereocenters. The molecule has 0 aliphatic carbocycles. The third-order valence-electron chi connectivity index (χ3n) is 3.17. The van der Waals surface area contributed by atoms with E-state index < -0.39 is 0 Å². The molecular weight excluding hydrogens is 196 g/mol. The van der Waals surface area contributed by atoms with Crippen molar-refractivity contribution in [3.63, 3.8) is 0 Å². The highest BCUT2D eigenvalue weighted by Crippen LogP contribution is 2.12. The Balaban J connectivity index is 2.96. The van der Waals surface area contributed by atoms with Gasteiger partial charge in [-0.2, -0.15) is 0 Å². The molecule has 0 saturated heterocycles. The standard InChI is InChI=1S/C15H30O/c1-3-5-6-7-8-9-10-11-12-13-14-15(16)4-2/h3,15-16H,1,4-14H2,2H3/t15-/m1/s1. The van der Waals surface area contributed by atoms with E-state index in [1.54, 1.807) is 0 Å². The van der Waals surface area contributed by atoms with Gasteiger partial charge in [0.2, 0.25) is 0 Å². The molecule has 0 fully saturated rings. The Morgan fingerprint density at radius 2 is 1.44 bits per heavy atom. The molecule has 0 rings (SSSR count). The molecule has 1 N–H and O–H groups in total. The van der Waals surface area contributed by atoms with Gasteiger partial charge in [0, 0.05) is 0 Å². The van der Waals surface area contributed by atoms with Crippen LogP contribution in [0.1, 0.15) is 77.6 Å².